The van der Waals surface area contributed by atoms with Gasteiger partial charge in [0.2, 0.25) is 0 Å². The molecule has 0 saturated heterocycles. The average Bonchev–Trinajstić information content (AvgIpc) is 2.04. The Morgan fingerprint density at radius 3 is 2.62 bits per heavy atom. The second kappa shape index (κ2) is 4.45. The third-order valence-electron chi connectivity index (χ3n) is 2.13. The molecule has 1 rings (SSSR count). The Morgan fingerprint density at radius 1 is 1.31 bits per heavy atom. The molecule has 72 valence electrons. The first-order valence-corrected chi connectivity index (χ1v) is 5.08. The van der Waals surface area contributed by atoms with Gasteiger partial charge >= 0.3 is 0 Å². The van der Waals surface area contributed by atoms with Gasteiger partial charge in [0.25, 0.3) is 0 Å². The summed E-state index contributed by atoms with van der Waals surface area (Å²) in [7, 11) is 0. The van der Waals surface area contributed by atoms with Gasteiger partial charge in [-0.15, -0.1) is 0 Å². The highest BCUT2D eigenvalue weighted by Crippen LogP contribution is 2.20. The highest BCUT2D eigenvalue weighted by molar-refractivity contribution is 5.15. The molecule has 0 bridgehead atoms. The molecule has 0 nitrogen and oxygen atoms in total. The molecule has 0 heteroatoms. The molecule has 1 unspecified atom stereocenters. The lowest BCUT2D eigenvalue weighted by atomic mass is 9.91. The summed E-state index contributed by atoms with van der Waals surface area (Å²) in [6.07, 6.45) is 15.7. The number of hydrogen-bond donors (Lipinski definition) is 0. The molecule has 0 heterocycles. The standard InChI is InChI=1S/C13H20/c1-13(2,3)11-7-10-12-8-5-4-6-9-12/h4-8,10,12H,9,11H2,1-3H3/b10-7+. The smallest absolute Gasteiger partial charge is 0.00157 e. The summed E-state index contributed by atoms with van der Waals surface area (Å²) in [5, 5.41) is 0. The summed E-state index contributed by atoms with van der Waals surface area (Å²) >= 11 is 0. The van der Waals surface area contributed by atoms with Crippen LogP contribution < -0.4 is 0 Å². The molecular weight excluding hydrogens is 156 g/mol. The van der Waals surface area contributed by atoms with Crippen LogP contribution in [0, 0.1) is 11.3 Å². The van der Waals surface area contributed by atoms with Crippen LogP contribution in [0.2, 0.25) is 0 Å². The molecule has 0 radical (unpaired) electrons. The van der Waals surface area contributed by atoms with Gasteiger partial charge in [-0.3, -0.25) is 0 Å². The minimum Gasteiger partial charge on any atom is -0.0874 e. The fraction of sp³-hybridized carbons (Fsp3) is 0.538. The van der Waals surface area contributed by atoms with Crippen molar-refractivity contribution in [3.8, 4) is 0 Å². The van der Waals surface area contributed by atoms with Gasteiger partial charge in [0.15, 0.2) is 0 Å². The van der Waals surface area contributed by atoms with Crippen LogP contribution in [0.3, 0.4) is 0 Å². The Labute approximate surface area is 82.0 Å². The highest BCUT2D eigenvalue weighted by atomic mass is 14.1. The highest BCUT2D eigenvalue weighted by Gasteiger charge is 2.07. The number of rotatable bonds is 2. The van der Waals surface area contributed by atoms with Crippen molar-refractivity contribution in [2.75, 3.05) is 0 Å². The summed E-state index contributed by atoms with van der Waals surface area (Å²) < 4.78 is 0. The molecule has 0 aliphatic heterocycles. The summed E-state index contributed by atoms with van der Waals surface area (Å²) in [6.45, 7) is 6.82. The molecular formula is C13H20. The summed E-state index contributed by atoms with van der Waals surface area (Å²) in [6, 6.07) is 0. The molecule has 13 heavy (non-hydrogen) atoms. The van der Waals surface area contributed by atoms with E-state index in [0.717, 1.165) is 6.42 Å². The molecule has 1 atom stereocenters. The van der Waals surface area contributed by atoms with Crippen LogP contribution in [0.4, 0.5) is 0 Å². The Hall–Kier alpha value is -0.780. The second-order valence-corrected chi connectivity index (χ2v) is 4.91. The molecule has 0 aromatic carbocycles. The summed E-state index contributed by atoms with van der Waals surface area (Å²) in [5.41, 5.74) is 0.421. The van der Waals surface area contributed by atoms with E-state index in [1.165, 1.54) is 6.42 Å². The predicted molar refractivity (Wildman–Crippen MR) is 59.6 cm³/mol. The zero-order chi connectivity index (χ0) is 9.73. The van der Waals surface area contributed by atoms with Gasteiger partial charge in [-0.2, -0.15) is 0 Å². The number of hydrogen-bond acceptors (Lipinski definition) is 0. The molecule has 1 aliphatic rings. The van der Waals surface area contributed by atoms with Crippen LogP contribution in [0.5, 0.6) is 0 Å². The SMILES string of the molecule is CC(C)(C)C/C=C/C1C=CC=CC1. The van der Waals surface area contributed by atoms with E-state index in [2.05, 4.69) is 57.2 Å². The van der Waals surface area contributed by atoms with Crippen molar-refractivity contribution in [3.63, 3.8) is 0 Å². The third kappa shape index (κ3) is 4.72. The molecule has 0 spiro atoms. The van der Waals surface area contributed by atoms with Crippen molar-refractivity contribution >= 4 is 0 Å². The van der Waals surface area contributed by atoms with Gasteiger partial charge in [0.05, 0.1) is 0 Å². The molecule has 0 N–H and O–H groups in total. The van der Waals surface area contributed by atoms with Crippen molar-refractivity contribution in [2.45, 2.75) is 33.6 Å². The lowest BCUT2D eigenvalue weighted by Crippen LogP contribution is -2.02. The maximum atomic E-state index is 2.32. The van der Waals surface area contributed by atoms with Crippen LogP contribution in [0.25, 0.3) is 0 Å². The topological polar surface area (TPSA) is 0 Å². The van der Waals surface area contributed by atoms with Crippen molar-refractivity contribution in [3.05, 3.63) is 36.5 Å². The second-order valence-electron chi connectivity index (χ2n) is 4.91. The molecule has 1 aliphatic carbocycles. The first-order chi connectivity index (χ1) is 6.08. The van der Waals surface area contributed by atoms with Crippen LogP contribution in [0.1, 0.15) is 33.6 Å². The Bertz CT molecular complexity index is 223. The van der Waals surface area contributed by atoms with Crippen LogP contribution in [0.15, 0.2) is 36.5 Å². The maximum Gasteiger partial charge on any atom is -0.00157 e. The molecule has 0 aromatic heterocycles. The first-order valence-electron chi connectivity index (χ1n) is 5.08. The molecule has 0 amide bonds. The Kier molecular flexibility index (Phi) is 3.53. The van der Waals surface area contributed by atoms with Gasteiger partial charge in [0, 0.05) is 0 Å². The number of allylic oxidation sites excluding steroid dienone is 6. The van der Waals surface area contributed by atoms with Gasteiger partial charge in [0.1, 0.15) is 0 Å². The van der Waals surface area contributed by atoms with Crippen LogP contribution in [-0.2, 0) is 0 Å². The fourth-order valence-corrected chi connectivity index (χ4v) is 1.34. The monoisotopic (exact) mass is 176 g/mol. The predicted octanol–water partition coefficient (Wildman–Crippen LogP) is 4.11. The minimum atomic E-state index is 0.421. The van der Waals surface area contributed by atoms with Gasteiger partial charge in [-0.25, -0.2) is 0 Å². The molecule has 0 saturated carbocycles. The van der Waals surface area contributed by atoms with Gasteiger partial charge in [-0.1, -0.05) is 57.2 Å². The van der Waals surface area contributed by atoms with E-state index in [1.54, 1.807) is 0 Å². The zero-order valence-electron chi connectivity index (χ0n) is 8.96. The van der Waals surface area contributed by atoms with E-state index in [0.29, 0.717) is 11.3 Å². The van der Waals surface area contributed by atoms with Crippen LogP contribution >= 0.6 is 0 Å². The van der Waals surface area contributed by atoms with Crippen molar-refractivity contribution in [2.24, 2.45) is 11.3 Å². The molecule has 0 aromatic rings. The van der Waals surface area contributed by atoms with Crippen molar-refractivity contribution < 1.29 is 0 Å². The lowest BCUT2D eigenvalue weighted by molar-refractivity contribution is 0.419. The molecule has 0 fully saturated rings. The third-order valence-corrected chi connectivity index (χ3v) is 2.13. The fourth-order valence-electron chi connectivity index (χ4n) is 1.34. The van der Waals surface area contributed by atoms with Crippen molar-refractivity contribution in [1.82, 2.24) is 0 Å². The van der Waals surface area contributed by atoms with E-state index in [4.69, 9.17) is 0 Å². The van der Waals surface area contributed by atoms with Gasteiger partial charge in [-0.05, 0) is 24.2 Å². The van der Waals surface area contributed by atoms with E-state index >= 15 is 0 Å². The van der Waals surface area contributed by atoms with Crippen LogP contribution in [-0.4, -0.2) is 0 Å². The van der Waals surface area contributed by atoms with Gasteiger partial charge < -0.3 is 0 Å². The maximum absolute atomic E-state index is 2.32. The average molecular weight is 176 g/mol. The van der Waals surface area contributed by atoms with E-state index in [-0.39, 0.29) is 0 Å². The zero-order valence-corrected chi connectivity index (χ0v) is 8.96. The normalized spacial score (nSPS) is 22.8. The summed E-state index contributed by atoms with van der Waals surface area (Å²) in [5.74, 6) is 0.632. The first kappa shape index (κ1) is 10.3. The van der Waals surface area contributed by atoms with E-state index in [1.807, 2.05) is 0 Å². The Balaban J connectivity index is 2.32. The summed E-state index contributed by atoms with van der Waals surface area (Å²) in [4.78, 5) is 0. The van der Waals surface area contributed by atoms with Crippen molar-refractivity contribution in [1.29, 1.82) is 0 Å². The minimum absolute atomic E-state index is 0.421. The van der Waals surface area contributed by atoms with E-state index < -0.39 is 0 Å². The Morgan fingerprint density at radius 2 is 2.08 bits per heavy atom. The largest absolute Gasteiger partial charge is 0.0874 e. The lowest BCUT2D eigenvalue weighted by Gasteiger charge is -2.15. The van der Waals surface area contributed by atoms with E-state index in [9.17, 15) is 0 Å². The quantitative estimate of drug-likeness (QED) is 0.555.